The van der Waals surface area contributed by atoms with Gasteiger partial charge in [0.1, 0.15) is 5.39 Å². The van der Waals surface area contributed by atoms with Gasteiger partial charge in [0, 0.05) is 7.05 Å². The zero-order chi connectivity index (χ0) is 12.2. The number of carbonyl (C=O) groups is 1. The van der Waals surface area contributed by atoms with Crippen LogP contribution in [0.15, 0.2) is 11.0 Å². The molecule has 0 bridgehead atoms. The lowest BCUT2D eigenvalue weighted by Crippen LogP contribution is -2.15. The second kappa shape index (κ2) is 2.90. The van der Waals surface area contributed by atoms with Crippen molar-refractivity contribution in [1.29, 1.82) is 0 Å². The second-order valence-electron chi connectivity index (χ2n) is 3.51. The van der Waals surface area contributed by atoms with Crippen molar-refractivity contribution >= 4 is 22.6 Å². The van der Waals surface area contributed by atoms with Crippen LogP contribution in [-0.4, -0.2) is 35.5 Å². The van der Waals surface area contributed by atoms with Crippen LogP contribution in [0.3, 0.4) is 0 Å². The van der Waals surface area contributed by atoms with Crippen LogP contribution in [0.1, 0.15) is 10.5 Å². The molecule has 0 aliphatic rings. The molecule has 0 saturated heterocycles. The molecule has 3 rings (SSSR count). The first kappa shape index (κ1) is 9.51. The Balaban J connectivity index is 2.62. The zero-order valence-electron chi connectivity index (χ0n) is 8.71. The van der Waals surface area contributed by atoms with Crippen LogP contribution in [0.4, 0.5) is 0 Å². The molecule has 3 aromatic rings. The van der Waals surface area contributed by atoms with Gasteiger partial charge in [-0.1, -0.05) is 0 Å². The van der Waals surface area contributed by atoms with Crippen LogP contribution in [0.5, 0.6) is 0 Å². The van der Waals surface area contributed by atoms with Gasteiger partial charge in [0.15, 0.2) is 17.0 Å². The van der Waals surface area contributed by atoms with Crippen molar-refractivity contribution in [2.75, 3.05) is 0 Å². The quantitative estimate of drug-likeness (QED) is 0.524. The van der Waals surface area contributed by atoms with E-state index >= 15 is 0 Å². The summed E-state index contributed by atoms with van der Waals surface area (Å²) in [6, 6.07) is 0. The SMILES string of the molecule is Cn1ncc2c(=O)nc3c(C(N)=O)n[nH]n3c21. The molecule has 3 heterocycles. The predicted octanol–water partition coefficient (Wildman–Crippen LogP) is -1.60. The van der Waals surface area contributed by atoms with Crippen LogP contribution in [0.2, 0.25) is 0 Å². The average Bonchev–Trinajstić information content (AvgIpc) is 2.82. The van der Waals surface area contributed by atoms with E-state index in [-0.39, 0.29) is 11.3 Å². The maximum absolute atomic E-state index is 11.7. The smallest absolute Gasteiger partial charge is 0.284 e. The zero-order valence-corrected chi connectivity index (χ0v) is 8.71. The lowest BCUT2D eigenvalue weighted by molar-refractivity contribution is 0.0997. The molecule has 3 aromatic heterocycles. The van der Waals surface area contributed by atoms with Gasteiger partial charge in [-0.3, -0.25) is 14.3 Å². The molecular weight excluding hydrogens is 226 g/mol. The molecule has 86 valence electrons. The number of nitrogens with zero attached hydrogens (tertiary/aromatic N) is 5. The molecule has 0 aliphatic carbocycles. The highest BCUT2D eigenvalue weighted by molar-refractivity contribution is 5.97. The van der Waals surface area contributed by atoms with E-state index in [9.17, 15) is 9.59 Å². The summed E-state index contributed by atoms with van der Waals surface area (Å²) < 4.78 is 2.87. The number of nitrogens with two attached hydrogens (primary N) is 1. The fourth-order valence-electron chi connectivity index (χ4n) is 1.72. The number of aromatic amines is 1. The van der Waals surface area contributed by atoms with Crippen molar-refractivity contribution in [2.45, 2.75) is 0 Å². The number of H-pyrrole nitrogens is 1. The number of aromatic nitrogens is 6. The molecule has 0 unspecified atom stereocenters. The van der Waals surface area contributed by atoms with E-state index in [1.165, 1.54) is 15.4 Å². The van der Waals surface area contributed by atoms with E-state index in [1.807, 2.05) is 0 Å². The highest BCUT2D eigenvalue weighted by atomic mass is 16.1. The Kier molecular flexibility index (Phi) is 1.62. The van der Waals surface area contributed by atoms with Crippen molar-refractivity contribution in [3.05, 3.63) is 22.2 Å². The molecular formula is C8H7N7O2. The first-order valence-electron chi connectivity index (χ1n) is 4.68. The average molecular weight is 233 g/mol. The summed E-state index contributed by atoms with van der Waals surface area (Å²) in [7, 11) is 1.67. The molecule has 0 fully saturated rings. The Morgan fingerprint density at radius 3 is 3.00 bits per heavy atom. The van der Waals surface area contributed by atoms with Crippen LogP contribution in [-0.2, 0) is 7.05 Å². The highest BCUT2D eigenvalue weighted by Gasteiger charge is 2.17. The Hall–Kier alpha value is -2.71. The number of primary amides is 1. The summed E-state index contributed by atoms with van der Waals surface area (Å²) in [6.07, 6.45) is 1.40. The summed E-state index contributed by atoms with van der Waals surface area (Å²) in [5.41, 5.74) is 5.15. The molecule has 0 atom stereocenters. The van der Waals surface area contributed by atoms with Gasteiger partial charge in [0.25, 0.3) is 11.5 Å². The van der Waals surface area contributed by atoms with E-state index < -0.39 is 11.5 Å². The fraction of sp³-hybridized carbons (Fsp3) is 0.125. The molecule has 17 heavy (non-hydrogen) atoms. The normalized spacial score (nSPS) is 11.4. The number of carbonyl (C=O) groups excluding carboxylic acids is 1. The van der Waals surface area contributed by atoms with E-state index in [1.54, 1.807) is 7.05 Å². The summed E-state index contributed by atoms with van der Waals surface area (Å²) in [6.45, 7) is 0. The summed E-state index contributed by atoms with van der Waals surface area (Å²) in [4.78, 5) is 26.6. The van der Waals surface area contributed by atoms with Crippen molar-refractivity contribution in [1.82, 2.24) is 29.6 Å². The number of aryl methyl sites for hydroxylation is 1. The maximum atomic E-state index is 11.7. The molecule has 9 heteroatoms. The predicted molar refractivity (Wildman–Crippen MR) is 56.4 cm³/mol. The Morgan fingerprint density at radius 1 is 1.53 bits per heavy atom. The summed E-state index contributed by atoms with van der Waals surface area (Å²) >= 11 is 0. The van der Waals surface area contributed by atoms with Gasteiger partial charge in [0.05, 0.1) is 6.20 Å². The first-order chi connectivity index (χ1) is 8.09. The first-order valence-corrected chi connectivity index (χ1v) is 4.68. The molecule has 0 saturated carbocycles. The topological polar surface area (TPSA) is 124 Å². The van der Waals surface area contributed by atoms with E-state index in [4.69, 9.17) is 5.73 Å². The second-order valence-corrected chi connectivity index (χ2v) is 3.51. The van der Waals surface area contributed by atoms with Gasteiger partial charge in [-0.05, 0) is 0 Å². The number of amides is 1. The molecule has 0 radical (unpaired) electrons. The summed E-state index contributed by atoms with van der Waals surface area (Å²) in [5, 5.41) is 10.6. The third-order valence-corrected chi connectivity index (χ3v) is 2.48. The van der Waals surface area contributed by atoms with Crippen LogP contribution >= 0.6 is 0 Å². The van der Waals surface area contributed by atoms with Gasteiger partial charge in [0.2, 0.25) is 0 Å². The van der Waals surface area contributed by atoms with Crippen molar-refractivity contribution in [3.63, 3.8) is 0 Å². The van der Waals surface area contributed by atoms with E-state index in [0.29, 0.717) is 11.0 Å². The lowest BCUT2D eigenvalue weighted by atomic mass is 10.4. The standard InChI is InChI=1S/C8H7N7O2/c1-14-8-3(2-10-14)7(17)11-6-4(5(9)16)12-13-15(6)8/h2,13H,1H3,(H2,9,16). The highest BCUT2D eigenvalue weighted by Crippen LogP contribution is 2.10. The number of hydrogen-bond acceptors (Lipinski definition) is 5. The van der Waals surface area contributed by atoms with Crippen LogP contribution in [0, 0.1) is 0 Å². The number of fused-ring (bicyclic) bond motifs is 3. The van der Waals surface area contributed by atoms with Crippen molar-refractivity contribution in [3.8, 4) is 0 Å². The van der Waals surface area contributed by atoms with Gasteiger partial charge in [-0.2, -0.15) is 10.1 Å². The molecule has 1 amide bonds. The Labute approximate surface area is 92.8 Å². The van der Waals surface area contributed by atoms with Gasteiger partial charge >= 0.3 is 0 Å². The third-order valence-electron chi connectivity index (χ3n) is 2.48. The molecule has 0 aromatic carbocycles. The lowest BCUT2D eigenvalue weighted by Gasteiger charge is -1.97. The Morgan fingerprint density at radius 2 is 2.29 bits per heavy atom. The number of hydrogen-bond donors (Lipinski definition) is 2. The van der Waals surface area contributed by atoms with Gasteiger partial charge in [-0.25, -0.2) is 9.73 Å². The molecule has 9 nitrogen and oxygen atoms in total. The minimum atomic E-state index is -0.753. The fourth-order valence-corrected chi connectivity index (χ4v) is 1.72. The molecule has 0 aliphatic heterocycles. The Bertz CT molecular complexity index is 808. The molecule has 3 N–H and O–H groups in total. The summed E-state index contributed by atoms with van der Waals surface area (Å²) in [5.74, 6) is -0.753. The monoisotopic (exact) mass is 233 g/mol. The number of rotatable bonds is 1. The number of nitrogens with one attached hydrogen (secondary N) is 1. The van der Waals surface area contributed by atoms with Gasteiger partial charge in [-0.15, -0.1) is 5.10 Å². The van der Waals surface area contributed by atoms with Crippen LogP contribution in [0.25, 0.3) is 16.7 Å². The molecule has 0 spiro atoms. The largest absolute Gasteiger partial charge is 0.364 e. The van der Waals surface area contributed by atoms with Crippen LogP contribution < -0.4 is 11.3 Å². The minimum absolute atomic E-state index is 0.0785. The van der Waals surface area contributed by atoms with Crippen molar-refractivity contribution < 1.29 is 4.79 Å². The van der Waals surface area contributed by atoms with Crippen molar-refractivity contribution in [2.24, 2.45) is 12.8 Å². The van der Waals surface area contributed by atoms with E-state index in [0.717, 1.165) is 0 Å². The van der Waals surface area contributed by atoms with E-state index in [2.05, 4.69) is 20.4 Å². The minimum Gasteiger partial charge on any atom is -0.364 e. The maximum Gasteiger partial charge on any atom is 0.284 e. The van der Waals surface area contributed by atoms with Gasteiger partial charge < -0.3 is 5.73 Å². The third kappa shape index (κ3) is 1.10.